The van der Waals surface area contributed by atoms with Crippen LogP contribution in [-0.4, -0.2) is 4.98 Å². The fourth-order valence-corrected chi connectivity index (χ4v) is 1.63. The second kappa shape index (κ2) is 4.49. The molecule has 90 valence electrons. The van der Waals surface area contributed by atoms with E-state index in [1.807, 2.05) is 0 Å². The lowest BCUT2D eigenvalue weighted by molar-refractivity contribution is -0.138. The number of halogens is 3. The van der Waals surface area contributed by atoms with Crippen LogP contribution in [0.5, 0.6) is 0 Å². The largest absolute Gasteiger partial charge is 0.419 e. The molecule has 2 rings (SSSR count). The molecule has 2 nitrogen and oxygen atoms in total. The van der Waals surface area contributed by atoms with Gasteiger partial charge in [-0.1, -0.05) is 30.3 Å². The van der Waals surface area contributed by atoms with Gasteiger partial charge >= 0.3 is 6.18 Å². The van der Waals surface area contributed by atoms with Crippen molar-refractivity contribution in [3.8, 4) is 17.2 Å². The summed E-state index contributed by atoms with van der Waals surface area (Å²) in [6, 6.07) is 10.0. The van der Waals surface area contributed by atoms with Gasteiger partial charge in [0.2, 0.25) is 0 Å². The van der Waals surface area contributed by atoms with Gasteiger partial charge in [-0.05, 0) is 5.56 Å². The average molecular weight is 248 g/mol. The van der Waals surface area contributed by atoms with Crippen LogP contribution in [0.3, 0.4) is 0 Å². The van der Waals surface area contributed by atoms with E-state index in [9.17, 15) is 13.2 Å². The fourth-order valence-electron chi connectivity index (χ4n) is 1.63. The van der Waals surface area contributed by atoms with Gasteiger partial charge in [-0.25, -0.2) is 0 Å². The number of benzene rings is 1. The first-order valence-corrected chi connectivity index (χ1v) is 5.04. The van der Waals surface area contributed by atoms with Crippen LogP contribution in [0.15, 0.2) is 42.7 Å². The quantitative estimate of drug-likeness (QED) is 0.772. The molecule has 1 aromatic heterocycles. The standard InChI is InChI=1S/C13H7F3N2/c14-13(15,16)12-8-18-7-11(10(12)6-17)9-4-2-1-3-5-9/h1-5,7-8H. The zero-order chi connectivity index (χ0) is 13.2. The summed E-state index contributed by atoms with van der Waals surface area (Å²) in [7, 11) is 0. The maximum Gasteiger partial charge on any atom is 0.419 e. The normalized spacial score (nSPS) is 11.0. The van der Waals surface area contributed by atoms with Crippen LogP contribution < -0.4 is 0 Å². The molecular formula is C13H7F3N2. The lowest BCUT2D eigenvalue weighted by Crippen LogP contribution is -2.09. The van der Waals surface area contributed by atoms with E-state index in [0.29, 0.717) is 11.8 Å². The highest BCUT2D eigenvalue weighted by Crippen LogP contribution is 2.35. The first-order valence-electron chi connectivity index (χ1n) is 5.04. The Bertz CT molecular complexity index is 598. The van der Waals surface area contributed by atoms with Crippen LogP contribution in [0.4, 0.5) is 13.2 Å². The average Bonchev–Trinajstić information content (AvgIpc) is 2.37. The number of hydrogen-bond donors (Lipinski definition) is 0. The minimum Gasteiger partial charge on any atom is -0.263 e. The summed E-state index contributed by atoms with van der Waals surface area (Å²) in [4.78, 5) is 3.56. The van der Waals surface area contributed by atoms with E-state index in [1.165, 1.54) is 6.20 Å². The lowest BCUT2D eigenvalue weighted by atomic mass is 9.99. The molecule has 5 heteroatoms. The Morgan fingerprint density at radius 2 is 1.72 bits per heavy atom. The molecule has 0 amide bonds. The van der Waals surface area contributed by atoms with Crippen molar-refractivity contribution in [1.29, 1.82) is 5.26 Å². The first kappa shape index (κ1) is 12.1. The summed E-state index contributed by atoms with van der Waals surface area (Å²) in [6.07, 6.45) is -2.64. The third-order valence-electron chi connectivity index (χ3n) is 2.45. The molecule has 2 aromatic rings. The molecule has 0 bridgehead atoms. The maximum atomic E-state index is 12.7. The number of nitrogens with zero attached hydrogens (tertiary/aromatic N) is 2. The number of nitriles is 1. The number of hydrogen-bond acceptors (Lipinski definition) is 2. The highest BCUT2D eigenvalue weighted by Gasteiger charge is 2.35. The summed E-state index contributed by atoms with van der Waals surface area (Å²) in [6.45, 7) is 0. The Hall–Kier alpha value is -2.35. The van der Waals surface area contributed by atoms with Gasteiger partial charge in [0.1, 0.15) is 6.07 Å². The molecule has 0 unspecified atom stereocenters. The maximum absolute atomic E-state index is 12.7. The molecule has 1 heterocycles. The molecule has 0 N–H and O–H groups in total. The molecule has 0 radical (unpaired) electrons. The van der Waals surface area contributed by atoms with Crippen LogP contribution in [0.2, 0.25) is 0 Å². The van der Waals surface area contributed by atoms with E-state index in [2.05, 4.69) is 4.98 Å². The second-order valence-electron chi connectivity index (χ2n) is 3.59. The van der Waals surface area contributed by atoms with Gasteiger partial charge in [0.15, 0.2) is 0 Å². The summed E-state index contributed by atoms with van der Waals surface area (Å²) >= 11 is 0. The van der Waals surface area contributed by atoms with E-state index < -0.39 is 17.3 Å². The van der Waals surface area contributed by atoms with Gasteiger partial charge in [0.05, 0.1) is 11.1 Å². The summed E-state index contributed by atoms with van der Waals surface area (Å²) in [5, 5.41) is 8.95. The van der Waals surface area contributed by atoms with E-state index in [1.54, 1.807) is 36.4 Å². The Kier molecular flexibility index (Phi) is 3.02. The van der Waals surface area contributed by atoms with Crippen molar-refractivity contribution in [1.82, 2.24) is 4.98 Å². The number of alkyl halides is 3. The minimum absolute atomic E-state index is 0.188. The van der Waals surface area contributed by atoms with Gasteiger partial charge in [0, 0.05) is 18.0 Å². The van der Waals surface area contributed by atoms with Crippen molar-refractivity contribution in [2.45, 2.75) is 6.18 Å². The van der Waals surface area contributed by atoms with E-state index in [4.69, 9.17) is 5.26 Å². The number of aromatic nitrogens is 1. The first-order chi connectivity index (χ1) is 8.54. The molecule has 0 atom stereocenters. The third kappa shape index (κ3) is 2.18. The molecule has 0 aliphatic carbocycles. The molecule has 0 aliphatic heterocycles. The highest BCUT2D eigenvalue weighted by atomic mass is 19.4. The van der Waals surface area contributed by atoms with Gasteiger partial charge in [-0.15, -0.1) is 0 Å². The molecule has 0 fully saturated rings. The highest BCUT2D eigenvalue weighted by molar-refractivity contribution is 5.71. The minimum atomic E-state index is -4.58. The van der Waals surface area contributed by atoms with E-state index in [0.717, 1.165) is 0 Å². The summed E-state index contributed by atoms with van der Waals surface area (Å²) < 4.78 is 38.2. The van der Waals surface area contributed by atoms with Crippen LogP contribution in [0.25, 0.3) is 11.1 Å². The van der Waals surface area contributed by atoms with Crippen LogP contribution in [0.1, 0.15) is 11.1 Å². The van der Waals surface area contributed by atoms with Gasteiger partial charge in [-0.3, -0.25) is 4.98 Å². The predicted octanol–water partition coefficient (Wildman–Crippen LogP) is 3.64. The molecule has 0 saturated heterocycles. The molecule has 0 spiro atoms. The monoisotopic (exact) mass is 248 g/mol. The van der Waals surface area contributed by atoms with Gasteiger partial charge in [-0.2, -0.15) is 18.4 Å². The third-order valence-corrected chi connectivity index (χ3v) is 2.45. The van der Waals surface area contributed by atoms with Crippen LogP contribution in [-0.2, 0) is 6.18 Å². The smallest absolute Gasteiger partial charge is 0.263 e. The SMILES string of the molecule is N#Cc1c(-c2ccccc2)cncc1C(F)(F)F. The Morgan fingerprint density at radius 1 is 1.06 bits per heavy atom. The Morgan fingerprint density at radius 3 is 2.28 bits per heavy atom. The number of pyridine rings is 1. The topological polar surface area (TPSA) is 36.7 Å². The van der Waals surface area contributed by atoms with Crippen molar-refractivity contribution >= 4 is 0 Å². The predicted molar refractivity (Wildman–Crippen MR) is 59.4 cm³/mol. The molecule has 0 aliphatic rings. The molecule has 18 heavy (non-hydrogen) atoms. The Labute approximate surface area is 101 Å². The van der Waals surface area contributed by atoms with E-state index in [-0.39, 0.29) is 5.56 Å². The lowest BCUT2D eigenvalue weighted by Gasteiger charge is -2.11. The molecular weight excluding hydrogens is 241 g/mol. The Balaban J connectivity index is 2.68. The second-order valence-corrected chi connectivity index (χ2v) is 3.59. The summed E-state index contributed by atoms with van der Waals surface area (Å²) in [5.74, 6) is 0. The molecule has 1 aromatic carbocycles. The zero-order valence-corrected chi connectivity index (χ0v) is 9.07. The van der Waals surface area contributed by atoms with Gasteiger partial charge < -0.3 is 0 Å². The van der Waals surface area contributed by atoms with Crippen molar-refractivity contribution in [3.05, 3.63) is 53.9 Å². The number of rotatable bonds is 1. The van der Waals surface area contributed by atoms with E-state index >= 15 is 0 Å². The van der Waals surface area contributed by atoms with Crippen molar-refractivity contribution in [2.75, 3.05) is 0 Å². The van der Waals surface area contributed by atoms with Crippen LogP contribution in [0, 0.1) is 11.3 Å². The van der Waals surface area contributed by atoms with Crippen molar-refractivity contribution in [3.63, 3.8) is 0 Å². The molecule has 0 saturated carbocycles. The van der Waals surface area contributed by atoms with Crippen molar-refractivity contribution < 1.29 is 13.2 Å². The van der Waals surface area contributed by atoms with Crippen LogP contribution >= 0.6 is 0 Å². The van der Waals surface area contributed by atoms with Crippen molar-refractivity contribution in [2.24, 2.45) is 0 Å². The van der Waals surface area contributed by atoms with Gasteiger partial charge in [0.25, 0.3) is 0 Å². The summed E-state index contributed by atoms with van der Waals surface area (Å²) in [5.41, 5.74) is -0.685. The fraction of sp³-hybridized carbons (Fsp3) is 0.0769. The zero-order valence-electron chi connectivity index (χ0n) is 9.07.